The quantitative estimate of drug-likeness (QED) is 0.709. The molecule has 0 bridgehead atoms. The lowest BCUT2D eigenvalue weighted by atomic mass is 9.92. The van der Waals surface area contributed by atoms with Crippen LogP contribution in [-0.2, 0) is 16.0 Å². The Morgan fingerprint density at radius 3 is 2.56 bits per heavy atom. The molecule has 18 heavy (non-hydrogen) atoms. The van der Waals surface area contributed by atoms with Crippen molar-refractivity contribution in [3.05, 3.63) is 35.4 Å². The molecule has 0 fully saturated rings. The highest BCUT2D eigenvalue weighted by Gasteiger charge is 2.18. The molecule has 1 unspecified atom stereocenters. The monoisotopic (exact) mass is 249 g/mol. The lowest BCUT2D eigenvalue weighted by Crippen LogP contribution is -2.25. The van der Waals surface area contributed by atoms with E-state index in [2.05, 4.69) is 5.32 Å². The lowest BCUT2D eigenvalue weighted by molar-refractivity contribution is -0.122. The number of aliphatic hydroxyl groups excluding tert-OH is 1. The van der Waals surface area contributed by atoms with Crippen molar-refractivity contribution in [1.29, 1.82) is 0 Å². The van der Waals surface area contributed by atoms with Gasteiger partial charge in [0.2, 0.25) is 5.91 Å². The van der Waals surface area contributed by atoms with Crippen molar-refractivity contribution in [2.24, 2.45) is 0 Å². The van der Waals surface area contributed by atoms with E-state index < -0.39 is 0 Å². The minimum atomic E-state index is -0.289. The van der Waals surface area contributed by atoms with E-state index in [9.17, 15) is 9.59 Å². The molecule has 0 heterocycles. The van der Waals surface area contributed by atoms with Crippen molar-refractivity contribution < 1.29 is 14.7 Å². The molecule has 1 aromatic rings. The third-order valence-electron chi connectivity index (χ3n) is 2.92. The SMILES string of the molecule is CNC(=O)C(CCC=O)c1ccc(CCO)cc1. The van der Waals surface area contributed by atoms with Crippen LogP contribution in [0.15, 0.2) is 24.3 Å². The van der Waals surface area contributed by atoms with Crippen molar-refractivity contribution >= 4 is 12.2 Å². The summed E-state index contributed by atoms with van der Waals surface area (Å²) in [7, 11) is 1.59. The Kier molecular flexibility index (Phi) is 6.08. The van der Waals surface area contributed by atoms with Crippen LogP contribution >= 0.6 is 0 Å². The maximum Gasteiger partial charge on any atom is 0.227 e. The van der Waals surface area contributed by atoms with Gasteiger partial charge in [-0.3, -0.25) is 4.79 Å². The molecule has 0 radical (unpaired) electrons. The molecule has 1 rings (SSSR count). The molecule has 0 aromatic heterocycles. The van der Waals surface area contributed by atoms with E-state index in [-0.39, 0.29) is 18.4 Å². The molecule has 0 saturated heterocycles. The fourth-order valence-corrected chi connectivity index (χ4v) is 1.90. The van der Waals surface area contributed by atoms with Crippen molar-refractivity contribution in [3.63, 3.8) is 0 Å². The normalized spacial score (nSPS) is 11.9. The maximum atomic E-state index is 11.8. The molecule has 0 aliphatic rings. The van der Waals surface area contributed by atoms with E-state index in [1.54, 1.807) is 7.05 Å². The second-order valence-electron chi connectivity index (χ2n) is 4.13. The molecular formula is C14H19NO3. The summed E-state index contributed by atoms with van der Waals surface area (Å²) in [5.74, 6) is -0.366. The van der Waals surface area contributed by atoms with Crippen molar-refractivity contribution in [3.8, 4) is 0 Å². The molecular weight excluding hydrogens is 230 g/mol. The van der Waals surface area contributed by atoms with Gasteiger partial charge in [-0.25, -0.2) is 0 Å². The van der Waals surface area contributed by atoms with Gasteiger partial charge in [-0.2, -0.15) is 0 Å². The Balaban J connectivity index is 2.83. The van der Waals surface area contributed by atoms with Gasteiger partial charge in [0, 0.05) is 20.1 Å². The third kappa shape index (κ3) is 3.96. The van der Waals surface area contributed by atoms with Crippen LogP contribution in [-0.4, -0.2) is 31.0 Å². The first kappa shape index (κ1) is 14.4. The Bertz CT molecular complexity index is 387. The van der Waals surface area contributed by atoms with E-state index in [4.69, 9.17) is 5.11 Å². The molecule has 0 saturated carbocycles. The molecule has 1 amide bonds. The predicted octanol–water partition coefficient (Wildman–Crippen LogP) is 1.03. The molecule has 1 atom stereocenters. The fraction of sp³-hybridized carbons (Fsp3) is 0.429. The van der Waals surface area contributed by atoms with E-state index in [0.29, 0.717) is 19.3 Å². The first-order valence-corrected chi connectivity index (χ1v) is 6.07. The first-order valence-electron chi connectivity index (χ1n) is 6.07. The molecule has 0 aliphatic heterocycles. The molecule has 4 heteroatoms. The van der Waals surface area contributed by atoms with Crippen LogP contribution in [0.25, 0.3) is 0 Å². The number of carbonyl (C=O) groups excluding carboxylic acids is 2. The minimum Gasteiger partial charge on any atom is -0.396 e. The van der Waals surface area contributed by atoms with Gasteiger partial charge in [0.1, 0.15) is 6.29 Å². The molecule has 1 aromatic carbocycles. The number of amides is 1. The van der Waals surface area contributed by atoms with Gasteiger partial charge in [-0.1, -0.05) is 24.3 Å². The van der Waals surface area contributed by atoms with E-state index in [0.717, 1.165) is 17.4 Å². The highest BCUT2D eigenvalue weighted by atomic mass is 16.3. The van der Waals surface area contributed by atoms with E-state index in [1.165, 1.54) is 0 Å². The smallest absolute Gasteiger partial charge is 0.227 e. The number of hydrogen-bond donors (Lipinski definition) is 2. The summed E-state index contributed by atoms with van der Waals surface area (Å²) in [6, 6.07) is 7.58. The molecule has 98 valence electrons. The van der Waals surface area contributed by atoms with Gasteiger partial charge in [0.25, 0.3) is 0 Å². The Hall–Kier alpha value is -1.68. The molecule has 2 N–H and O–H groups in total. The van der Waals surface area contributed by atoms with Gasteiger partial charge < -0.3 is 15.2 Å². The summed E-state index contributed by atoms with van der Waals surface area (Å²) in [5, 5.41) is 11.5. The average Bonchev–Trinajstić information content (AvgIpc) is 2.41. The summed E-state index contributed by atoms with van der Waals surface area (Å²) >= 11 is 0. The zero-order valence-corrected chi connectivity index (χ0v) is 10.6. The fourth-order valence-electron chi connectivity index (χ4n) is 1.90. The number of aldehydes is 1. The number of rotatable bonds is 7. The number of carbonyl (C=O) groups is 2. The Morgan fingerprint density at radius 1 is 1.39 bits per heavy atom. The third-order valence-corrected chi connectivity index (χ3v) is 2.92. The number of aliphatic hydroxyl groups is 1. The first-order chi connectivity index (χ1) is 8.72. The summed E-state index contributed by atoms with van der Waals surface area (Å²) in [6.07, 6.45) is 2.33. The lowest BCUT2D eigenvalue weighted by Gasteiger charge is -2.15. The van der Waals surface area contributed by atoms with Gasteiger partial charge in [0.05, 0.1) is 5.92 Å². The van der Waals surface area contributed by atoms with Crippen molar-refractivity contribution in [2.75, 3.05) is 13.7 Å². The number of likely N-dealkylation sites (N-methyl/N-ethyl adjacent to an activating group) is 1. The second-order valence-corrected chi connectivity index (χ2v) is 4.13. The maximum absolute atomic E-state index is 11.8. The molecule has 0 aliphatic carbocycles. The largest absolute Gasteiger partial charge is 0.396 e. The number of nitrogens with one attached hydrogen (secondary N) is 1. The topological polar surface area (TPSA) is 66.4 Å². The second kappa shape index (κ2) is 7.61. The van der Waals surface area contributed by atoms with Gasteiger partial charge >= 0.3 is 0 Å². The Labute approximate surface area is 107 Å². The minimum absolute atomic E-state index is 0.0771. The summed E-state index contributed by atoms with van der Waals surface area (Å²) < 4.78 is 0. The highest BCUT2D eigenvalue weighted by Crippen LogP contribution is 2.21. The van der Waals surface area contributed by atoms with E-state index in [1.807, 2.05) is 24.3 Å². The van der Waals surface area contributed by atoms with Crippen LogP contribution in [0.1, 0.15) is 29.9 Å². The number of benzene rings is 1. The van der Waals surface area contributed by atoms with Crippen LogP contribution in [0.3, 0.4) is 0 Å². The zero-order valence-electron chi connectivity index (χ0n) is 10.6. The average molecular weight is 249 g/mol. The van der Waals surface area contributed by atoms with Crippen LogP contribution in [0.2, 0.25) is 0 Å². The Morgan fingerprint density at radius 2 is 2.06 bits per heavy atom. The van der Waals surface area contributed by atoms with Crippen molar-refractivity contribution in [2.45, 2.75) is 25.2 Å². The van der Waals surface area contributed by atoms with Crippen LogP contribution < -0.4 is 5.32 Å². The van der Waals surface area contributed by atoms with Crippen LogP contribution in [0, 0.1) is 0 Å². The van der Waals surface area contributed by atoms with Crippen LogP contribution in [0.4, 0.5) is 0 Å². The predicted molar refractivity (Wildman–Crippen MR) is 69.3 cm³/mol. The highest BCUT2D eigenvalue weighted by molar-refractivity contribution is 5.83. The summed E-state index contributed by atoms with van der Waals surface area (Å²) in [6.45, 7) is 0.114. The van der Waals surface area contributed by atoms with E-state index >= 15 is 0 Å². The number of hydrogen-bond acceptors (Lipinski definition) is 3. The summed E-state index contributed by atoms with van der Waals surface area (Å²) in [5.41, 5.74) is 1.94. The zero-order chi connectivity index (χ0) is 13.4. The standard InChI is InChI=1S/C14H19NO3/c1-15-14(18)13(3-2-9-16)12-6-4-11(5-7-12)8-10-17/h4-7,9,13,17H,2-3,8,10H2,1H3,(H,15,18). The van der Waals surface area contributed by atoms with Gasteiger partial charge in [0.15, 0.2) is 0 Å². The van der Waals surface area contributed by atoms with Gasteiger partial charge in [-0.15, -0.1) is 0 Å². The van der Waals surface area contributed by atoms with Gasteiger partial charge in [-0.05, 0) is 24.0 Å². The molecule has 4 nitrogen and oxygen atoms in total. The van der Waals surface area contributed by atoms with Crippen LogP contribution in [0.5, 0.6) is 0 Å². The molecule has 0 spiro atoms. The van der Waals surface area contributed by atoms with Crippen molar-refractivity contribution in [1.82, 2.24) is 5.32 Å². The summed E-state index contributed by atoms with van der Waals surface area (Å²) in [4.78, 5) is 22.2.